The number of halogens is 3. The van der Waals surface area contributed by atoms with E-state index in [1.807, 2.05) is 12.1 Å². The Bertz CT molecular complexity index is 844. The second-order valence-corrected chi connectivity index (χ2v) is 6.69. The van der Waals surface area contributed by atoms with Crippen LogP contribution >= 0.6 is 11.3 Å². The van der Waals surface area contributed by atoms with Gasteiger partial charge in [0, 0.05) is 10.8 Å². The van der Waals surface area contributed by atoms with Crippen molar-refractivity contribution in [2.45, 2.75) is 31.6 Å². The van der Waals surface area contributed by atoms with Gasteiger partial charge in [-0.2, -0.15) is 0 Å². The number of thiophene rings is 1. The summed E-state index contributed by atoms with van der Waals surface area (Å²) in [5.74, 6) is -1.75. The Morgan fingerprint density at radius 1 is 0.810 bits per heavy atom. The second kappa shape index (κ2) is 4.73. The molecule has 108 valence electrons. The maximum Gasteiger partial charge on any atom is 0.176 e. The van der Waals surface area contributed by atoms with E-state index in [-0.39, 0.29) is 16.4 Å². The van der Waals surface area contributed by atoms with Crippen LogP contribution in [0.1, 0.15) is 37.2 Å². The van der Waals surface area contributed by atoms with Gasteiger partial charge in [-0.25, -0.2) is 13.2 Å². The third-order valence-electron chi connectivity index (χ3n) is 4.47. The molecule has 1 saturated carbocycles. The van der Waals surface area contributed by atoms with E-state index in [0.717, 1.165) is 48.6 Å². The standard InChI is InChI=1S/C17H13F3S/c18-13-8-7-12-11-6-5-10(9-3-1-2-4-9)14(19)16(11)21-17(12)15(13)20/h5-9H,1-4H2. The normalized spacial score (nSPS) is 16.3. The van der Waals surface area contributed by atoms with Crippen LogP contribution in [0.25, 0.3) is 20.2 Å². The van der Waals surface area contributed by atoms with Crippen LogP contribution in [0, 0.1) is 17.5 Å². The third kappa shape index (κ3) is 1.89. The highest BCUT2D eigenvalue weighted by atomic mass is 32.1. The van der Waals surface area contributed by atoms with Gasteiger partial charge in [-0.1, -0.05) is 25.0 Å². The first-order chi connectivity index (χ1) is 10.2. The van der Waals surface area contributed by atoms with Gasteiger partial charge >= 0.3 is 0 Å². The van der Waals surface area contributed by atoms with Crippen molar-refractivity contribution < 1.29 is 13.2 Å². The van der Waals surface area contributed by atoms with Gasteiger partial charge in [0.15, 0.2) is 11.6 Å². The molecule has 0 bridgehead atoms. The van der Waals surface area contributed by atoms with E-state index in [9.17, 15) is 13.2 Å². The molecular formula is C17H13F3S. The van der Waals surface area contributed by atoms with Crippen LogP contribution in [-0.2, 0) is 0 Å². The molecule has 1 aromatic heterocycles. The lowest BCUT2D eigenvalue weighted by Crippen LogP contribution is -1.96. The van der Waals surface area contributed by atoms with Gasteiger partial charge in [0.05, 0.1) is 9.40 Å². The maximum absolute atomic E-state index is 14.8. The Kier molecular flexibility index (Phi) is 2.96. The maximum atomic E-state index is 14.8. The number of hydrogen-bond donors (Lipinski definition) is 0. The average molecular weight is 306 g/mol. The lowest BCUT2D eigenvalue weighted by Gasteiger charge is -2.10. The Morgan fingerprint density at radius 3 is 2.14 bits per heavy atom. The van der Waals surface area contributed by atoms with E-state index < -0.39 is 11.6 Å². The summed E-state index contributed by atoms with van der Waals surface area (Å²) in [6.45, 7) is 0. The third-order valence-corrected chi connectivity index (χ3v) is 5.67. The summed E-state index contributed by atoms with van der Waals surface area (Å²) in [5, 5.41) is 1.26. The Morgan fingerprint density at radius 2 is 1.43 bits per heavy atom. The van der Waals surface area contributed by atoms with E-state index in [4.69, 9.17) is 0 Å². The molecule has 1 aliphatic rings. The van der Waals surface area contributed by atoms with Crippen LogP contribution in [0.3, 0.4) is 0 Å². The first-order valence-corrected chi connectivity index (χ1v) is 7.97. The minimum Gasteiger partial charge on any atom is -0.205 e. The fourth-order valence-corrected chi connectivity index (χ4v) is 4.56. The van der Waals surface area contributed by atoms with Crippen molar-refractivity contribution >= 4 is 31.5 Å². The number of hydrogen-bond acceptors (Lipinski definition) is 1. The van der Waals surface area contributed by atoms with Crippen molar-refractivity contribution in [2.75, 3.05) is 0 Å². The molecule has 0 radical (unpaired) electrons. The Labute approximate surface area is 124 Å². The highest BCUT2D eigenvalue weighted by Crippen LogP contribution is 2.42. The zero-order valence-electron chi connectivity index (χ0n) is 11.3. The Balaban J connectivity index is 2.01. The molecule has 3 aromatic rings. The minimum absolute atomic E-state index is 0.201. The Hall–Kier alpha value is -1.55. The van der Waals surface area contributed by atoms with Gasteiger partial charge in [0.1, 0.15) is 5.82 Å². The van der Waals surface area contributed by atoms with E-state index in [1.165, 1.54) is 6.07 Å². The van der Waals surface area contributed by atoms with Crippen molar-refractivity contribution in [2.24, 2.45) is 0 Å². The van der Waals surface area contributed by atoms with Gasteiger partial charge in [-0.05, 0) is 36.5 Å². The van der Waals surface area contributed by atoms with Gasteiger partial charge in [-0.3, -0.25) is 0 Å². The number of fused-ring (bicyclic) bond motifs is 3. The van der Waals surface area contributed by atoms with Gasteiger partial charge in [-0.15, -0.1) is 11.3 Å². The van der Waals surface area contributed by atoms with E-state index in [2.05, 4.69) is 0 Å². The molecule has 2 aromatic carbocycles. The van der Waals surface area contributed by atoms with E-state index in [1.54, 1.807) is 0 Å². The van der Waals surface area contributed by atoms with Crippen LogP contribution in [0.15, 0.2) is 24.3 Å². The fourth-order valence-electron chi connectivity index (χ4n) is 3.38. The summed E-state index contributed by atoms with van der Waals surface area (Å²) < 4.78 is 42.7. The average Bonchev–Trinajstić information content (AvgIpc) is 3.11. The quantitative estimate of drug-likeness (QED) is 0.507. The molecule has 1 fully saturated rings. The molecule has 0 nitrogen and oxygen atoms in total. The molecule has 4 rings (SSSR count). The summed E-state index contributed by atoms with van der Waals surface area (Å²) in [4.78, 5) is 0. The van der Waals surface area contributed by atoms with Gasteiger partial charge in [0.25, 0.3) is 0 Å². The minimum atomic E-state index is -0.884. The molecule has 0 amide bonds. The van der Waals surface area contributed by atoms with Crippen molar-refractivity contribution in [3.05, 3.63) is 47.3 Å². The van der Waals surface area contributed by atoms with Crippen molar-refractivity contribution in [3.63, 3.8) is 0 Å². The lowest BCUT2D eigenvalue weighted by molar-refractivity contribution is 0.518. The molecule has 0 saturated heterocycles. The topological polar surface area (TPSA) is 0 Å². The summed E-state index contributed by atoms with van der Waals surface area (Å²) in [6, 6.07) is 6.30. The molecule has 0 N–H and O–H groups in total. The van der Waals surface area contributed by atoms with Crippen LogP contribution < -0.4 is 0 Å². The van der Waals surface area contributed by atoms with Crippen LogP contribution in [0.2, 0.25) is 0 Å². The van der Waals surface area contributed by atoms with Crippen LogP contribution in [0.4, 0.5) is 13.2 Å². The monoisotopic (exact) mass is 306 g/mol. The molecule has 0 spiro atoms. The predicted octanol–water partition coefficient (Wildman–Crippen LogP) is 6.13. The summed E-state index contributed by atoms with van der Waals surface area (Å²) in [6.07, 6.45) is 4.29. The molecular weight excluding hydrogens is 293 g/mol. The first kappa shape index (κ1) is 13.1. The van der Waals surface area contributed by atoms with Crippen LogP contribution in [0.5, 0.6) is 0 Å². The fraction of sp³-hybridized carbons (Fsp3) is 0.294. The smallest absolute Gasteiger partial charge is 0.176 e. The lowest BCUT2D eigenvalue weighted by atomic mass is 9.96. The summed E-state index contributed by atoms with van der Waals surface area (Å²) in [7, 11) is 0. The van der Waals surface area contributed by atoms with E-state index in [0.29, 0.717) is 15.5 Å². The highest BCUT2D eigenvalue weighted by molar-refractivity contribution is 7.25. The number of rotatable bonds is 1. The van der Waals surface area contributed by atoms with Crippen molar-refractivity contribution in [3.8, 4) is 0 Å². The van der Waals surface area contributed by atoms with Crippen molar-refractivity contribution in [1.29, 1.82) is 0 Å². The summed E-state index contributed by atoms with van der Waals surface area (Å²) >= 11 is 1.01. The molecule has 1 aliphatic carbocycles. The van der Waals surface area contributed by atoms with Gasteiger partial charge < -0.3 is 0 Å². The highest BCUT2D eigenvalue weighted by Gasteiger charge is 2.23. The zero-order valence-corrected chi connectivity index (χ0v) is 12.1. The molecule has 21 heavy (non-hydrogen) atoms. The van der Waals surface area contributed by atoms with Crippen LogP contribution in [-0.4, -0.2) is 0 Å². The van der Waals surface area contributed by atoms with Gasteiger partial charge in [0.2, 0.25) is 0 Å². The largest absolute Gasteiger partial charge is 0.205 e. The molecule has 4 heteroatoms. The molecule has 1 heterocycles. The molecule has 0 unspecified atom stereocenters. The SMILES string of the molecule is Fc1ccc2c(sc3c(F)c(C4CCCC4)ccc32)c1F. The van der Waals surface area contributed by atoms with Crippen molar-refractivity contribution in [1.82, 2.24) is 0 Å². The second-order valence-electron chi connectivity index (χ2n) is 5.67. The first-order valence-electron chi connectivity index (χ1n) is 7.15. The number of benzene rings is 2. The molecule has 0 aliphatic heterocycles. The predicted molar refractivity (Wildman–Crippen MR) is 80.4 cm³/mol. The zero-order chi connectivity index (χ0) is 14.6. The van der Waals surface area contributed by atoms with E-state index >= 15 is 0 Å². The molecule has 0 atom stereocenters. The summed E-state index contributed by atoms with van der Waals surface area (Å²) in [5.41, 5.74) is 0.729.